The summed E-state index contributed by atoms with van der Waals surface area (Å²) < 4.78 is 5.31. The molecule has 8 nitrogen and oxygen atoms in total. The number of fused-ring (bicyclic) bond motifs is 1. The van der Waals surface area contributed by atoms with Gasteiger partial charge in [0.15, 0.2) is 11.5 Å². The molecule has 0 bridgehead atoms. The van der Waals surface area contributed by atoms with Crippen LogP contribution in [0.15, 0.2) is 6.20 Å². The standard InChI is InChI=1S/C10H15N7O/c1-11-10-13-8-7(6-12-15-8)9(14-10)16-17-2-4-18-5-3-17/h6H,2-5H2,1H3,(H3,11,12,13,14,15,16). The summed E-state index contributed by atoms with van der Waals surface area (Å²) in [7, 11) is 1.79. The Morgan fingerprint density at radius 1 is 1.33 bits per heavy atom. The quantitative estimate of drug-likeness (QED) is 0.708. The minimum absolute atomic E-state index is 0.558. The number of hydrazine groups is 1. The van der Waals surface area contributed by atoms with Gasteiger partial charge in [-0.05, 0) is 0 Å². The number of hydrogen-bond acceptors (Lipinski definition) is 7. The van der Waals surface area contributed by atoms with Crippen LogP contribution in [0.4, 0.5) is 11.8 Å². The molecule has 1 aliphatic heterocycles. The Kier molecular flexibility index (Phi) is 2.95. The maximum atomic E-state index is 5.31. The number of aromatic amines is 1. The van der Waals surface area contributed by atoms with Crippen LogP contribution in [0.1, 0.15) is 0 Å². The largest absolute Gasteiger partial charge is 0.379 e. The summed E-state index contributed by atoms with van der Waals surface area (Å²) in [5.74, 6) is 1.31. The van der Waals surface area contributed by atoms with Crippen LogP contribution in [0.5, 0.6) is 0 Å². The summed E-state index contributed by atoms with van der Waals surface area (Å²) in [5.41, 5.74) is 4.00. The molecule has 0 aliphatic carbocycles. The molecule has 0 unspecified atom stereocenters. The number of hydrogen-bond donors (Lipinski definition) is 3. The monoisotopic (exact) mass is 249 g/mol. The van der Waals surface area contributed by atoms with E-state index in [9.17, 15) is 0 Å². The first-order chi connectivity index (χ1) is 8.86. The Morgan fingerprint density at radius 2 is 2.17 bits per heavy atom. The molecule has 2 aromatic rings. The van der Waals surface area contributed by atoms with Crippen LogP contribution in [0, 0.1) is 0 Å². The summed E-state index contributed by atoms with van der Waals surface area (Å²) in [4.78, 5) is 8.69. The molecule has 96 valence electrons. The second-order valence-corrected chi connectivity index (χ2v) is 3.99. The van der Waals surface area contributed by atoms with E-state index in [4.69, 9.17) is 4.74 Å². The first kappa shape index (κ1) is 11.2. The van der Waals surface area contributed by atoms with E-state index < -0.39 is 0 Å². The van der Waals surface area contributed by atoms with Crippen LogP contribution in [-0.4, -0.2) is 58.5 Å². The van der Waals surface area contributed by atoms with Crippen molar-refractivity contribution in [2.75, 3.05) is 44.1 Å². The summed E-state index contributed by atoms with van der Waals surface area (Å²) in [5, 5.41) is 12.7. The molecule has 0 atom stereocenters. The van der Waals surface area contributed by atoms with Crippen molar-refractivity contribution in [1.82, 2.24) is 25.2 Å². The number of nitrogens with zero attached hydrogens (tertiary/aromatic N) is 4. The SMILES string of the molecule is CNc1nc(NN2CCOCC2)c2cn[nH]c2n1. The van der Waals surface area contributed by atoms with Crippen LogP contribution in [0.3, 0.4) is 0 Å². The molecule has 0 radical (unpaired) electrons. The fourth-order valence-corrected chi connectivity index (χ4v) is 1.86. The molecule has 0 spiro atoms. The molecule has 1 aliphatic rings. The number of H-pyrrole nitrogens is 1. The van der Waals surface area contributed by atoms with E-state index in [-0.39, 0.29) is 0 Å². The fourth-order valence-electron chi connectivity index (χ4n) is 1.86. The Bertz CT molecular complexity index is 534. The summed E-state index contributed by atoms with van der Waals surface area (Å²) >= 11 is 0. The number of morpholine rings is 1. The average Bonchev–Trinajstić information content (AvgIpc) is 2.88. The van der Waals surface area contributed by atoms with Crippen molar-refractivity contribution in [3.05, 3.63) is 6.20 Å². The second-order valence-electron chi connectivity index (χ2n) is 3.99. The topological polar surface area (TPSA) is 91.0 Å². The number of ether oxygens (including phenoxy) is 1. The van der Waals surface area contributed by atoms with Gasteiger partial charge in [-0.25, -0.2) is 5.01 Å². The lowest BCUT2D eigenvalue weighted by Crippen LogP contribution is -2.40. The van der Waals surface area contributed by atoms with E-state index >= 15 is 0 Å². The van der Waals surface area contributed by atoms with Gasteiger partial charge < -0.3 is 15.5 Å². The highest BCUT2D eigenvalue weighted by atomic mass is 16.5. The van der Waals surface area contributed by atoms with Crippen LogP contribution < -0.4 is 10.7 Å². The van der Waals surface area contributed by atoms with Gasteiger partial charge >= 0.3 is 0 Å². The van der Waals surface area contributed by atoms with Crippen molar-refractivity contribution in [1.29, 1.82) is 0 Å². The smallest absolute Gasteiger partial charge is 0.226 e. The Balaban J connectivity index is 1.91. The number of aromatic nitrogens is 4. The minimum Gasteiger partial charge on any atom is -0.379 e. The second kappa shape index (κ2) is 4.75. The molecule has 0 aromatic carbocycles. The van der Waals surface area contributed by atoms with E-state index in [2.05, 4.69) is 35.9 Å². The fraction of sp³-hybridized carbons (Fsp3) is 0.500. The van der Waals surface area contributed by atoms with Crippen molar-refractivity contribution < 1.29 is 4.74 Å². The van der Waals surface area contributed by atoms with Gasteiger partial charge in [0.2, 0.25) is 5.95 Å². The maximum Gasteiger partial charge on any atom is 0.226 e. The molecule has 2 aromatic heterocycles. The Labute approximate surface area is 104 Å². The highest BCUT2D eigenvalue weighted by Crippen LogP contribution is 2.20. The summed E-state index contributed by atoms with van der Waals surface area (Å²) in [6, 6.07) is 0. The Hall–Kier alpha value is -1.93. The van der Waals surface area contributed by atoms with Gasteiger partial charge in [-0.2, -0.15) is 15.1 Å². The highest BCUT2D eigenvalue weighted by molar-refractivity contribution is 5.86. The van der Waals surface area contributed by atoms with Crippen LogP contribution in [-0.2, 0) is 4.74 Å². The lowest BCUT2D eigenvalue weighted by molar-refractivity contribution is 0.0495. The highest BCUT2D eigenvalue weighted by Gasteiger charge is 2.14. The average molecular weight is 249 g/mol. The molecule has 8 heteroatoms. The molecule has 18 heavy (non-hydrogen) atoms. The summed E-state index contributed by atoms with van der Waals surface area (Å²) in [6.07, 6.45) is 1.72. The number of rotatable bonds is 3. The van der Waals surface area contributed by atoms with Crippen molar-refractivity contribution in [2.45, 2.75) is 0 Å². The lowest BCUT2D eigenvalue weighted by atomic mass is 10.4. The third-order valence-electron chi connectivity index (χ3n) is 2.81. The van der Waals surface area contributed by atoms with Crippen LogP contribution in [0.2, 0.25) is 0 Å². The van der Waals surface area contributed by atoms with E-state index in [1.807, 2.05) is 0 Å². The minimum atomic E-state index is 0.558. The van der Waals surface area contributed by atoms with Crippen LogP contribution in [0.25, 0.3) is 11.0 Å². The van der Waals surface area contributed by atoms with Crippen molar-refractivity contribution in [3.8, 4) is 0 Å². The predicted octanol–water partition coefficient (Wildman–Crippen LogP) is 0.0537. The van der Waals surface area contributed by atoms with Crippen molar-refractivity contribution in [3.63, 3.8) is 0 Å². The predicted molar refractivity (Wildman–Crippen MR) is 67.2 cm³/mol. The molecule has 1 fully saturated rings. The van der Waals surface area contributed by atoms with Gasteiger partial charge in [0, 0.05) is 20.1 Å². The van der Waals surface area contributed by atoms with Crippen LogP contribution >= 0.6 is 0 Å². The number of anilines is 2. The molecule has 0 saturated carbocycles. The molecule has 3 heterocycles. The first-order valence-electron chi connectivity index (χ1n) is 5.85. The van der Waals surface area contributed by atoms with Gasteiger partial charge in [-0.15, -0.1) is 0 Å². The zero-order chi connectivity index (χ0) is 12.4. The molecule has 1 saturated heterocycles. The summed E-state index contributed by atoms with van der Waals surface area (Å²) in [6.45, 7) is 3.12. The molecular formula is C10H15N7O. The van der Waals surface area contributed by atoms with Gasteiger partial charge in [-0.1, -0.05) is 0 Å². The van der Waals surface area contributed by atoms with Gasteiger partial charge in [0.05, 0.1) is 24.8 Å². The zero-order valence-electron chi connectivity index (χ0n) is 10.1. The normalized spacial score (nSPS) is 16.9. The van der Waals surface area contributed by atoms with E-state index in [1.165, 1.54) is 0 Å². The molecular weight excluding hydrogens is 234 g/mol. The molecule has 3 N–H and O–H groups in total. The van der Waals surface area contributed by atoms with Crippen molar-refractivity contribution in [2.24, 2.45) is 0 Å². The van der Waals surface area contributed by atoms with E-state index in [1.54, 1.807) is 13.2 Å². The molecule has 0 amide bonds. The van der Waals surface area contributed by atoms with Gasteiger partial charge in [0.1, 0.15) is 0 Å². The van der Waals surface area contributed by atoms with Gasteiger partial charge in [0.25, 0.3) is 0 Å². The Morgan fingerprint density at radius 3 is 2.94 bits per heavy atom. The number of nitrogens with one attached hydrogen (secondary N) is 3. The molecule has 3 rings (SSSR count). The first-order valence-corrected chi connectivity index (χ1v) is 5.85. The van der Waals surface area contributed by atoms with E-state index in [0.29, 0.717) is 11.6 Å². The zero-order valence-corrected chi connectivity index (χ0v) is 10.1. The third kappa shape index (κ3) is 2.07. The third-order valence-corrected chi connectivity index (χ3v) is 2.81. The van der Waals surface area contributed by atoms with Gasteiger partial charge in [-0.3, -0.25) is 5.10 Å². The van der Waals surface area contributed by atoms with E-state index in [0.717, 1.165) is 37.5 Å². The van der Waals surface area contributed by atoms with Crippen molar-refractivity contribution >= 4 is 22.8 Å². The lowest BCUT2D eigenvalue weighted by Gasteiger charge is -2.27. The maximum absolute atomic E-state index is 5.31.